The maximum absolute atomic E-state index is 12.7. The summed E-state index contributed by atoms with van der Waals surface area (Å²) in [6.45, 7) is 4.17. The highest BCUT2D eigenvalue weighted by atomic mass is 16.5. The molecule has 0 amide bonds. The average Bonchev–Trinajstić information content (AvgIpc) is 3.10. The topological polar surface area (TPSA) is 74.5 Å². The number of carbonyl (C=O) groups is 1. The number of ether oxygens (including phenoxy) is 3. The van der Waals surface area contributed by atoms with E-state index < -0.39 is 5.97 Å². The highest BCUT2D eigenvalue weighted by molar-refractivity contribution is 5.98. The van der Waals surface area contributed by atoms with E-state index >= 15 is 0 Å². The normalized spacial score (nSPS) is 14.7. The van der Waals surface area contributed by atoms with Gasteiger partial charge in [-0.1, -0.05) is 18.2 Å². The minimum Gasteiger partial charge on any atom is -0.497 e. The first-order chi connectivity index (χ1) is 14.2. The Kier molecular flexibility index (Phi) is 5.71. The molecule has 3 aromatic rings. The van der Waals surface area contributed by atoms with E-state index in [0.717, 1.165) is 53.9 Å². The molecule has 152 valence electrons. The van der Waals surface area contributed by atoms with Crippen LogP contribution in [0.15, 0.2) is 46.9 Å². The first kappa shape index (κ1) is 19.3. The van der Waals surface area contributed by atoms with Crippen LogP contribution >= 0.6 is 0 Å². The Labute approximate surface area is 169 Å². The van der Waals surface area contributed by atoms with Crippen LogP contribution in [-0.4, -0.2) is 32.3 Å². The van der Waals surface area contributed by atoms with Crippen LogP contribution in [0, 0.1) is 6.92 Å². The van der Waals surface area contributed by atoms with Gasteiger partial charge in [0.2, 0.25) is 5.76 Å². The second-order valence-electron chi connectivity index (χ2n) is 7.30. The number of benzene rings is 2. The molecular weight excluding hydrogens is 370 g/mol. The first-order valence-electron chi connectivity index (χ1n) is 9.96. The Morgan fingerprint density at radius 1 is 1.17 bits per heavy atom. The van der Waals surface area contributed by atoms with Gasteiger partial charge < -0.3 is 23.9 Å². The number of methoxy groups -OCH3 is 1. The van der Waals surface area contributed by atoms with Crippen molar-refractivity contribution in [3.8, 4) is 11.5 Å². The van der Waals surface area contributed by atoms with Crippen molar-refractivity contribution in [2.24, 2.45) is 0 Å². The molecule has 0 radical (unpaired) electrons. The molecule has 1 saturated heterocycles. The molecule has 2 heterocycles. The van der Waals surface area contributed by atoms with Crippen molar-refractivity contribution >= 4 is 16.9 Å². The zero-order chi connectivity index (χ0) is 20.2. The summed E-state index contributed by atoms with van der Waals surface area (Å²) in [6, 6.07) is 13.1. The van der Waals surface area contributed by atoms with Crippen molar-refractivity contribution in [2.75, 3.05) is 20.2 Å². The largest absolute Gasteiger partial charge is 0.497 e. The van der Waals surface area contributed by atoms with Gasteiger partial charge in [-0.3, -0.25) is 0 Å². The number of aryl methyl sites for hydroxylation is 1. The van der Waals surface area contributed by atoms with Crippen molar-refractivity contribution < 1.29 is 28.7 Å². The molecule has 2 aromatic carbocycles. The summed E-state index contributed by atoms with van der Waals surface area (Å²) in [7, 11) is 1.61. The van der Waals surface area contributed by atoms with Crippen LogP contribution in [0.3, 0.4) is 0 Å². The lowest BCUT2D eigenvalue weighted by Gasteiger charge is -2.22. The molecule has 6 nitrogen and oxygen atoms in total. The van der Waals surface area contributed by atoms with Gasteiger partial charge in [-0.25, -0.2) is 4.79 Å². The van der Waals surface area contributed by atoms with Gasteiger partial charge in [0.05, 0.1) is 25.6 Å². The van der Waals surface area contributed by atoms with Gasteiger partial charge in [-0.05, 0) is 36.8 Å². The Morgan fingerprint density at radius 3 is 2.76 bits per heavy atom. The molecule has 0 unspecified atom stereocenters. The molecule has 4 rings (SSSR count). The molecule has 1 aromatic heterocycles. The molecule has 2 N–H and O–H groups in total. The molecule has 1 aliphatic rings. The molecule has 29 heavy (non-hydrogen) atoms. The zero-order valence-electron chi connectivity index (χ0n) is 16.8. The van der Waals surface area contributed by atoms with Crippen molar-refractivity contribution in [1.29, 1.82) is 0 Å². The van der Waals surface area contributed by atoms with Crippen molar-refractivity contribution in [1.82, 2.24) is 0 Å². The number of rotatable bonds is 6. The quantitative estimate of drug-likeness (QED) is 0.648. The number of nitrogens with two attached hydrogens (primary N) is 1. The molecule has 0 aliphatic carbocycles. The predicted molar refractivity (Wildman–Crippen MR) is 108 cm³/mol. The van der Waals surface area contributed by atoms with Gasteiger partial charge in [-0.2, -0.15) is 0 Å². The number of furan rings is 1. The lowest BCUT2D eigenvalue weighted by molar-refractivity contribution is -0.664. The fourth-order valence-electron chi connectivity index (χ4n) is 3.73. The van der Waals surface area contributed by atoms with E-state index in [1.807, 2.05) is 49.4 Å². The maximum atomic E-state index is 12.7. The van der Waals surface area contributed by atoms with Crippen LogP contribution in [0.2, 0.25) is 0 Å². The summed E-state index contributed by atoms with van der Waals surface area (Å²) >= 11 is 0. The van der Waals surface area contributed by atoms with Crippen LogP contribution in [0.5, 0.6) is 11.5 Å². The van der Waals surface area contributed by atoms with Crippen LogP contribution in [0.4, 0.5) is 0 Å². The van der Waals surface area contributed by atoms with Crippen molar-refractivity contribution in [3.05, 3.63) is 59.4 Å². The molecule has 1 fully saturated rings. The molecule has 0 bridgehead atoms. The Bertz CT molecular complexity index is 1000. The molecule has 0 saturated carbocycles. The summed E-state index contributed by atoms with van der Waals surface area (Å²) in [4.78, 5) is 12.7. The monoisotopic (exact) mass is 396 g/mol. The van der Waals surface area contributed by atoms with E-state index in [9.17, 15) is 4.79 Å². The van der Waals surface area contributed by atoms with Gasteiger partial charge in [0, 0.05) is 18.4 Å². The second kappa shape index (κ2) is 8.57. The lowest BCUT2D eigenvalue weighted by Crippen LogP contribution is -2.86. The SMILES string of the molecule is COc1cccc(COC(=O)c2oc3cccc(OC4CC[NH2+]CC4)c3c2C)c1. The molecule has 6 heteroatoms. The fourth-order valence-corrected chi connectivity index (χ4v) is 3.73. The standard InChI is InChI=1S/C23H25NO5/c1-15-21-19(28-17-9-11-24-12-10-17)7-4-8-20(21)29-22(15)23(25)27-14-16-5-3-6-18(13-16)26-2/h3-8,13,17,24H,9-12,14H2,1-2H3/p+1. The van der Waals surface area contributed by atoms with Crippen LogP contribution in [0.1, 0.15) is 34.5 Å². The second-order valence-corrected chi connectivity index (χ2v) is 7.30. The molecule has 0 spiro atoms. The first-order valence-corrected chi connectivity index (χ1v) is 9.96. The van der Waals surface area contributed by atoms with E-state index in [-0.39, 0.29) is 18.5 Å². The number of fused-ring (bicyclic) bond motifs is 1. The summed E-state index contributed by atoms with van der Waals surface area (Å²) < 4.78 is 22.8. The van der Waals surface area contributed by atoms with E-state index in [4.69, 9.17) is 18.6 Å². The number of carbonyl (C=O) groups excluding carboxylic acids is 1. The highest BCUT2D eigenvalue weighted by Crippen LogP contribution is 2.34. The molecule has 0 atom stereocenters. The maximum Gasteiger partial charge on any atom is 0.374 e. The van der Waals surface area contributed by atoms with Crippen molar-refractivity contribution in [3.63, 3.8) is 0 Å². The minimum absolute atomic E-state index is 0.147. The fraction of sp³-hybridized carbons (Fsp3) is 0.348. The van der Waals surface area contributed by atoms with Gasteiger partial charge in [0.1, 0.15) is 29.8 Å². The Hall–Kier alpha value is -2.99. The molecule has 1 aliphatic heterocycles. The van der Waals surface area contributed by atoms with E-state index in [1.165, 1.54) is 0 Å². The third-order valence-corrected chi connectivity index (χ3v) is 5.28. The number of hydrogen-bond acceptors (Lipinski definition) is 5. The smallest absolute Gasteiger partial charge is 0.374 e. The Balaban J connectivity index is 1.53. The number of esters is 1. The minimum atomic E-state index is -0.486. The zero-order valence-corrected chi connectivity index (χ0v) is 16.8. The van der Waals surface area contributed by atoms with E-state index in [1.54, 1.807) is 7.11 Å². The third kappa shape index (κ3) is 4.22. The van der Waals surface area contributed by atoms with Gasteiger partial charge in [-0.15, -0.1) is 0 Å². The number of piperidine rings is 1. The van der Waals surface area contributed by atoms with E-state index in [0.29, 0.717) is 5.58 Å². The third-order valence-electron chi connectivity index (χ3n) is 5.28. The Morgan fingerprint density at radius 2 is 1.97 bits per heavy atom. The van der Waals surface area contributed by atoms with Gasteiger partial charge in [0.15, 0.2) is 0 Å². The number of hydrogen-bond donors (Lipinski definition) is 1. The predicted octanol–water partition coefficient (Wildman–Crippen LogP) is 3.21. The summed E-state index contributed by atoms with van der Waals surface area (Å²) in [6.07, 6.45) is 2.23. The van der Waals surface area contributed by atoms with Gasteiger partial charge in [0.25, 0.3) is 0 Å². The van der Waals surface area contributed by atoms with Gasteiger partial charge >= 0.3 is 5.97 Å². The van der Waals surface area contributed by atoms with E-state index in [2.05, 4.69) is 5.32 Å². The highest BCUT2D eigenvalue weighted by Gasteiger charge is 2.24. The number of quaternary nitrogens is 1. The average molecular weight is 396 g/mol. The van der Waals surface area contributed by atoms with Crippen LogP contribution in [0.25, 0.3) is 11.0 Å². The summed E-state index contributed by atoms with van der Waals surface area (Å²) in [5.74, 6) is 1.22. The summed E-state index contributed by atoms with van der Waals surface area (Å²) in [5, 5.41) is 3.15. The molecular formula is C23H26NO5+. The van der Waals surface area contributed by atoms with Crippen molar-refractivity contribution in [2.45, 2.75) is 32.5 Å². The summed E-state index contributed by atoms with van der Waals surface area (Å²) in [5.41, 5.74) is 2.23. The lowest BCUT2D eigenvalue weighted by atomic mass is 10.1. The van der Waals surface area contributed by atoms with Crippen LogP contribution < -0.4 is 14.8 Å². The van der Waals surface area contributed by atoms with Crippen LogP contribution in [-0.2, 0) is 11.3 Å².